The van der Waals surface area contributed by atoms with Gasteiger partial charge in [-0.15, -0.1) is 11.8 Å². The van der Waals surface area contributed by atoms with E-state index in [-0.39, 0.29) is 10.9 Å². The largest absolute Gasteiger partial charge is 0.417 e. The Balaban J connectivity index is 2.01. The normalized spacial score (nSPS) is 35.3. The second kappa shape index (κ2) is 4.85. The first-order chi connectivity index (χ1) is 8.19. The molecule has 18 heavy (non-hydrogen) atoms. The topological polar surface area (TPSA) is 27.3 Å². The van der Waals surface area contributed by atoms with Crippen molar-refractivity contribution in [1.29, 1.82) is 0 Å². The lowest BCUT2D eigenvalue weighted by molar-refractivity contribution is -0.183. The predicted molar refractivity (Wildman–Crippen MR) is 67.2 cm³/mol. The molecule has 2 heterocycles. The highest BCUT2D eigenvalue weighted by Gasteiger charge is 2.50. The summed E-state index contributed by atoms with van der Waals surface area (Å²) >= 11 is 1.61. The summed E-state index contributed by atoms with van der Waals surface area (Å²) in [6, 6.07) is 0. The van der Waals surface area contributed by atoms with Crippen molar-refractivity contribution in [3.8, 4) is 0 Å². The van der Waals surface area contributed by atoms with Gasteiger partial charge in [0.25, 0.3) is 0 Å². The number of rotatable bonds is 1. The molecule has 3 atom stereocenters. The summed E-state index contributed by atoms with van der Waals surface area (Å²) in [7, 11) is 0. The molecule has 3 nitrogen and oxygen atoms in total. The smallest absolute Gasteiger partial charge is 0.293 e. The fraction of sp³-hybridized carbons (Fsp3) is 1.00. The van der Waals surface area contributed by atoms with Crippen LogP contribution in [-0.4, -0.2) is 47.6 Å². The fourth-order valence-corrected chi connectivity index (χ4v) is 3.79. The minimum atomic E-state index is -4.21. The molecule has 0 saturated carbocycles. The second-order valence-electron chi connectivity index (χ2n) is 5.89. The van der Waals surface area contributed by atoms with Crippen molar-refractivity contribution in [2.45, 2.75) is 43.9 Å². The van der Waals surface area contributed by atoms with Crippen LogP contribution in [0.3, 0.4) is 0 Å². The van der Waals surface area contributed by atoms with E-state index in [4.69, 9.17) is 0 Å². The molecule has 0 aromatic heterocycles. The lowest BCUT2D eigenvalue weighted by Crippen LogP contribution is -2.53. The Morgan fingerprint density at radius 3 is 2.33 bits per heavy atom. The monoisotopic (exact) mass is 283 g/mol. The first-order valence-corrected chi connectivity index (χ1v) is 7.08. The van der Waals surface area contributed by atoms with Crippen LogP contribution in [0.5, 0.6) is 0 Å². The van der Waals surface area contributed by atoms with Gasteiger partial charge in [-0.2, -0.15) is 13.2 Å². The van der Waals surface area contributed by atoms with E-state index >= 15 is 0 Å². The Labute approximate surface area is 110 Å². The van der Waals surface area contributed by atoms with Gasteiger partial charge in [0.2, 0.25) is 0 Å². The minimum absolute atomic E-state index is 0.104. The number of hydrogen-bond acceptors (Lipinski definition) is 4. The molecule has 2 fully saturated rings. The van der Waals surface area contributed by atoms with Crippen LogP contribution in [-0.2, 0) is 0 Å². The van der Waals surface area contributed by atoms with Gasteiger partial charge in [0.05, 0.1) is 0 Å². The summed E-state index contributed by atoms with van der Waals surface area (Å²) in [5.74, 6) is 0. The Kier molecular flexibility index (Phi) is 3.89. The zero-order valence-electron chi connectivity index (χ0n) is 10.8. The minimum Gasteiger partial charge on any atom is -0.293 e. The average molecular weight is 283 g/mol. The quantitative estimate of drug-likeness (QED) is 0.767. The van der Waals surface area contributed by atoms with E-state index in [1.165, 1.54) is 4.90 Å². The van der Waals surface area contributed by atoms with Crippen LogP contribution in [0.4, 0.5) is 13.2 Å². The molecule has 2 aliphatic heterocycles. The standard InChI is InChI=1S/C11H20F3N3S/c1-10(2,3)7-6-16-9(18-7)17-5-4-15-8(17)11(12,13)14/h7-9,15-16H,4-6H2,1-3H3. The highest BCUT2D eigenvalue weighted by Crippen LogP contribution is 2.39. The lowest BCUT2D eigenvalue weighted by atomic mass is 9.92. The van der Waals surface area contributed by atoms with E-state index in [0.717, 1.165) is 6.54 Å². The number of hydrogen-bond donors (Lipinski definition) is 2. The molecule has 0 aromatic carbocycles. The highest BCUT2D eigenvalue weighted by molar-refractivity contribution is 8.00. The molecular formula is C11H20F3N3S. The van der Waals surface area contributed by atoms with Gasteiger partial charge in [0.15, 0.2) is 6.17 Å². The predicted octanol–water partition coefficient (Wildman–Crippen LogP) is 1.81. The molecule has 0 bridgehead atoms. The van der Waals surface area contributed by atoms with Crippen molar-refractivity contribution in [3.05, 3.63) is 0 Å². The Hall–Kier alpha value is 0.0200. The van der Waals surface area contributed by atoms with Gasteiger partial charge in [-0.25, -0.2) is 0 Å². The van der Waals surface area contributed by atoms with Crippen molar-refractivity contribution in [3.63, 3.8) is 0 Å². The highest BCUT2D eigenvalue weighted by atomic mass is 32.2. The van der Waals surface area contributed by atoms with Gasteiger partial charge in [0, 0.05) is 24.9 Å². The molecule has 106 valence electrons. The van der Waals surface area contributed by atoms with Crippen LogP contribution in [0.2, 0.25) is 0 Å². The zero-order valence-corrected chi connectivity index (χ0v) is 11.7. The van der Waals surface area contributed by atoms with E-state index in [2.05, 4.69) is 31.4 Å². The molecule has 2 rings (SSSR count). The summed E-state index contributed by atoms with van der Waals surface area (Å²) in [5.41, 5.74) is -0.135. The van der Waals surface area contributed by atoms with Gasteiger partial charge < -0.3 is 0 Å². The lowest BCUT2D eigenvalue weighted by Gasteiger charge is -2.31. The molecule has 0 aromatic rings. The van der Waals surface area contributed by atoms with Gasteiger partial charge in [-0.3, -0.25) is 15.5 Å². The Morgan fingerprint density at radius 1 is 1.17 bits per heavy atom. The summed E-state index contributed by atoms with van der Waals surface area (Å²) in [5, 5.41) is 6.08. The van der Waals surface area contributed by atoms with Crippen LogP contribution >= 0.6 is 11.8 Å². The number of halogens is 3. The molecule has 0 aliphatic carbocycles. The van der Waals surface area contributed by atoms with Gasteiger partial charge in [0.1, 0.15) is 5.50 Å². The molecule has 0 amide bonds. The zero-order chi connectivity index (χ0) is 13.6. The first-order valence-electron chi connectivity index (χ1n) is 6.14. The number of nitrogens with zero attached hydrogens (tertiary/aromatic N) is 1. The van der Waals surface area contributed by atoms with E-state index in [9.17, 15) is 13.2 Å². The summed E-state index contributed by atoms with van der Waals surface area (Å²) in [6.07, 6.45) is -5.72. The van der Waals surface area contributed by atoms with E-state index in [1.54, 1.807) is 11.8 Å². The first kappa shape index (κ1) is 14.4. The van der Waals surface area contributed by atoms with Crippen LogP contribution in [0, 0.1) is 5.41 Å². The maximum Gasteiger partial charge on any atom is 0.417 e. The number of alkyl halides is 3. The third kappa shape index (κ3) is 2.95. The van der Waals surface area contributed by atoms with Crippen molar-refractivity contribution >= 4 is 11.8 Å². The molecule has 0 radical (unpaired) electrons. The molecule has 7 heteroatoms. The molecular weight excluding hydrogens is 263 g/mol. The van der Waals surface area contributed by atoms with E-state index in [0.29, 0.717) is 18.3 Å². The SMILES string of the molecule is CC(C)(C)C1CNC(N2CCNC2C(F)(F)F)S1. The van der Waals surface area contributed by atoms with Gasteiger partial charge in [-0.1, -0.05) is 20.8 Å². The van der Waals surface area contributed by atoms with Crippen LogP contribution in [0.15, 0.2) is 0 Å². The average Bonchev–Trinajstić information content (AvgIpc) is 2.84. The van der Waals surface area contributed by atoms with Crippen molar-refractivity contribution in [1.82, 2.24) is 15.5 Å². The van der Waals surface area contributed by atoms with E-state index in [1.807, 2.05) is 0 Å². The van der Waals surface area contributed by atoms with Gasteiger partial charge >= 0.3 is 6.18 Å². The Bertz CT molecular complexity index is 303. The molecule has 3 unspecified atom stereocenters. The molecule has 2 aliphatic rings. The van der Waals surface area contributed by atoms with Crippen molar-refractivity contribution in [2.75, 3.05) is 19.6 Å². The van der Waals surface area contributed by atoms with Crippen LogP contribution in [0.25, 0.3) is 0 Å². The second-order valence-corrected chi connectivity index (χ2v) is 7.18. The van der Waals surface area contributed by atoms with Gasteiger partial charge in [-0.05, 0) is 5.41 Å². The Morgan fingerprint density at radius 2 is 1.83 bits per heavy atom. The van der Waals surface area contributed by atoms with Crippen molar-refractivity contribution in [2.24, 2.45) is 5.41 Å². The number of thioether (sulfide) groups is 1. The maximum atomic E-state index is 12.9. The molecule has 0 spiro atoms. The maximum absolute atomic E-state index is 12.9. The molecule has 2 saturated heterocycles. The summed E-state index contributed by atoms with van der Waals surface area (Å²) < 4.78 is 38.6. The summed E-state index contributed by atoms with van der Waals surface area (Å²) in [6.45, 7) is 7.96. The molecule has 2 N–H and O–H groups in total. The van der Waals surface area contributed by atoms with Crippen molar-refractivity contribution < 1.29 is 13.2 Å². The number of nitrogens with one attached hydrogen (secondary N) is 2. The summed E-state index contributed by atoms with van der Waals surface area (Å²) in [4.78, 5) is 1.48. The van der Waals surface area contributed by atoms with E-state index < -0.39 is 12.3 Å². The van der Waals surface area contributed by atoms with Crippen LogP contribution < -0.4 is 10.6 Å². The fourth-order valence-electron chi connectivity index (χ4n) is 2.30. The van der Waals surface area contributed by atoms with Crippen LogP contribution in [0.1, 0.15) is 20.8 Å². The third-order valence-corrected chi connectivity index (χ3v) is 5.29. The third-order valence-electron chi connectivity index (χ3n) is 3.39.